The first-order chi connectivity index (χ1) is 16.8. The Kier molecular flexibility index (Phi) is 6.75. The molecule has 0 aliphatic heterocycles. The van der Waals surface area contributed by atoms with E-state index in [9.17, 15) is 14.7 Å². The maximum absolute atomic E-state index is 13.2. The highest BCUT2D eigenvalue weighted by Crippen LogP contribution is 2.30. The summed E-state index contributed by atoms with van der Waals surface area (Å²) in [7, 11) is 0. The largest absolute Gasteiger partial charge is 0.372 e. The zero-order chi connectivity index (χ0) is 25.0. The number of aromatic nitrogens is 1. The molecule has 4 rings (SSSR count). The van der Waals surface area contributed by atoms with Gasteiger partial charge < -0.3 is 9.67 Å². The number of rotatable bonds is 7. The molecule has 4 aromatic rings. The molecule has 0 fully saturated rings. The SMILES string of the molecule is CC(=O)c1ccc(-n2c(C)cc(/C=N/NC(=O)C(O)(c3ccccc3)c3ccccc3)c2C)cc1. The van der Waals surface area contributed by atoms with Crippen molar-refractivity contribution in [3.8, 4) is 5.69 Å². The summed E-state index contributed by atoms with van der Waals surface area (Å²) in [4.78, 5) is 24.8. The predicted octanol–water partition coefficient (Wildman–Crippen LogP) is 4.68. The fraction of sp³-hybridized carbons (Fsp3) is 0.138. The van der Waals surface area contributed by atoms with E-state index in [4.69, 9.17) is 0 Å². The van der Waals surface area contributed by atoms with Gasteiger partial charge in [0.2, 0.25) is 0 Å². The van der Waals surface area contributed by atoms with Crippen molar-refractivity contribution in [2.45, 2.75) is 26.4 Å². The molecule has 0 aliphatic carbocycles. The molecule has 6 nitrogen and oxygen atoms in total. The lowest BCUT2D eigenvalue weighted by molar-refractivity contribution is -0.136. The molecule has 2 N–H and O–H groups in total. The summed E-state index contributed by atoms with van der Waals surface area (Å²) in [6.07, 6.45) is 1.57. The van der Waals surface area contributed by atoms with E-state index in [2.05, 4.69) is 15.1 Å². The summed E-state index contributed by atoms with van der Waals surface area (Å²) < 4.78 is 2.05. The summed E-state index contributed by atoms with van der Waals surface area (Å²) in [5, 5.41) is 15.7. The van der Waals surface area contributed by atoms with E-state index < -0.39 is 11.5 Å². The number of nitrogens with zero attached hydrogens (tertiary/aromatic N) is 2. The van der Waals surface area contributed by atoms with Crippen LogP contribution >= 0.6 is 0 Å². The van der Waals surface area contributed by atoms with Gasteiger partial charge in [-0.3, -0.25) is 9.59 Å². The lowest BCUT2D eigenvalue weighted by atomic mass is 9.85. The summed E-state index contributed by atoms with van der Waals surface area (Å²) in [6, 6.07) is 27.0. The highest BCUT2D eigenvalue weighted by molar-refractivity contribution is 5.94. The summed E-state index contributed by atoms with van der Waals surface area (Å²) in [5.74, 6) is -0.633. The van der Waals surface area contributed by atoms with Gasteiger partial charge in [0.05, 0.1) is 6.21 Å². The number of ketones is 1. The molecule has 1 aromatic heterocycles. The Balaban J connectivity index is 1.59. The molecule has 0 atom stereocenters. The minimum Gasteiger partial charge on any atom is -0.372 e. The topological polar surface area (TPSA) is 83.7 Å². The number of Topliss-reactive ketones (excluding diaryl/α,β-unsaturated/α-hetero) is 1. The first kappa shape index (κ1) is 23.9. The Morgan fingerprint density at radius 2 is 1.43 bits per heavy atom. The molecule has 0 unspecified atom stereocenters. The van der Waals surface area contributed by atoms with Gasteiger partial charge in [0.15, 0.2) is 11.4 Å². The predicted molar refractivity (Wildman–Crippen MR) is 137 cm³/mol. The van der Waals surface area contributed by atoms with E-state index in [-0.39, 0.29) is 5.78 Å². The van der Waals surface area contributed by atoms with Gasteiger partial charge in [-0.1, -0.05) is 60.7 Å². The number of carbonyl (C=O) groups excluding carboxylic acids is 2. The molecule has 35 heavy (non-hydrogen) atoms. The molecule has 0 bridgehead atoms. The van der Waals surface area contributed by atoms with Crippen LogP contribution in [0.4, 0.5) is 0 Å². The zero-order valence-corrected chi connectivity index (χ0v) is 19.9. The van der Waals surface area contributed by atoms with Crippen LogP contribution in [0.1, 0.15) is 45.4 Å². The normalized spacial score (nSPS) is 11.5. The molecule has 0 saturated heterocycles. The first-order valence-corrected chi connectivity index (χ1v) is 11.3. The monoisotopic (exact) mass is 465 g/mol. The molecule has 1 heterocycles. The number of nitrogens with one attached hydrogen (secondary N) is 1. The van der Waals surface area contributed by atoms with Gasteiger partial charge in [0, 0.05) is 28.2 Å². The Labute approximate surface area is 204 Å². The van der Waals surface area contributed by atoms with Gasteiger partial charge >= 0.3 is 0 Å². The lowest BCUT2D eigenvalue weighted by Gasteiger charge is -2.27. The molecule has 176 valence electrons. The van der Waals surface area contributed by atoms with E-state index in [0.717, 1.165) is 22.6 Å². The number of hydrogen-bond donors (Lipinski definition) is 2. The lowest BCUT2D eigenvalue weighted by Crippen LogP contribution is -2.43. The van der Waals surface area contributed by atoms with Crippen LogP contribution in [0.15, 0.2) is 96.1 Å². The average molecular weight is 466 g/mol. The molecular formula is C29H27N3O3. The van der Waals surface area contributed by atoms with E-state index in [0.29, 0.717) is 16.7 Å². The molecule has 0 aliphatic rings. The van der Waals surface area contributed by atoms with E-state index in [1.807, 2.05) is 44.2 Å². The van der Waals surface area contributed by atoms with Gasteiger partial charge in [0.25, 0.3) is 5.91 Å². The third-order valence-corrected chi connectivity index (χ3v) is 6.08. The minimum atomic E-state index is -1.89. The maximum atomic E-state index is 13.2. The summed E-state index contributed by atoms with van der Waals surface area (Å²) in [5.41, 5.74) is 5.84. The van der Waals surface area contributed by atoms with Crippen molar-refractivity contribution in [2.24, 2.45) is 5.10 Å². The number of hydrazone groups is 1. The number of amides is 1. The van der Waals surface area contributed by atoms with Crippen LogP contribution in [-0.4, -0.2) is 27.6 Å². The van der Waals surface area contributed by atoms with Crippen molar-refractivity contribution < 1.29 is 14.7 Å². The standard InChI is InChI=1S/C29H27N3O3/c1-20-18-24(21(2)32(20)27-16-14-23(15-17-27)22(3)33)19-30-31-28(34)29(35,25-10-6-4-7-11-25)26-12-8-5-9-13-26/h4-19,35H,1-3H3,(H,31,34)/b30-19+. The fourth-order valence-electron chi connectivity index (χ4n) is 4.19. The number of aryl methyl sites for hydroxylation is 1. The van der Waals surface area contributed by atoms with Crippen LogP contribution < -0.4 is 5.43 Å². The molecular weight excluding hydrogens is 438 g/mol. The van der Waals surface area contributed by atoms with E-state index in [1.54, 1.807) is 73.8 Å². The Bertz CT molecular complexity index is 1330. The van der Waals surface area contributed by atoms with Gasteiger partial charge in [-0.25, -0.2) is 5.43 Å². The Hall–Kier alpha value is -4.29. The van der Waals surface area contributed by atoms with Crippen molar-refractivity contribution in [3.05, 3.63) is 125 Å². The Morgan fingerprint density at radius 3 is 1.94 bits per heavy atom. The first-order valence-electron chi connectivity index (χ1n) is 11.3. The third kappa shape index (κ3) is 4.69. The van der Waals surface area contributed by atoms with Crippen molar-refractivity contribution in [2.75, 3.05) is 0 Å². The third-order valence-electron chi connectivity index (χ3n) is 6.08. The van der Waals surface area contributed by atoms with Crippen LogP contribution in [0.5, 0.6) is 0 Å². The van der Waals surface area contributed by atoms with Crippen LogP contribution in [-0.2, 0) is 10.4 Å². The highest BCUT2D eigenvalue weighted by Gasteiger charge is 2.39. The van der Waals surface area contributed by atoms with Crippen molar-refractivity contribution in [1.82, 2.24) is 9.99 Å². The van der Waals surface area contributed by atoms with Crippen molar-refractivity contribution in [3.63, 3.8) is 0 Å². The van der Waals surface area contributed by atoms with E-state index >= 15 is 0 Å². The second kappa shape index (κ2) is 9.91. The van der Waals surface area contributed by atoms with Crippen LogP contribution in [0, 0.1) is 13.8 Å². The number of benzene rings is 3. The highest BCUT2D eigenvalue weighted by atomic mass is 16.3. The smallest absolute Gasteiger partial charge is 0.281 e. The average Bonchev–Trinajstić information content (AvgIpc) is 3.17. The van der Waals surface area contributed by atoms with Crippen molar-refractivity contribution >= 4 is 17.9 Å². The molecule has 0 radical (unpaired) electrons. The summed E-state index contributed by atoms with van der Waals surface area (Å²) >= 11 is 0. The molecule has 0 saturated carbocycles. The summed E-state index contributed by atoms with van der Waals surface area (Å²) in [6.45, 7) is 5.48. The van der Waals surface area contributed by atoms with E-state index in [1.165, 1.54) is 0 Å². The van der Waals surface area contributed by atoms with Crippen LogP contribution in [0.25, 0.3) is 5.69 Å². The number of aliphatic hydroxyl groups is 1. The van der Waals surface area contributed by atoms with Crippen molar-refractivity contribution in [1.29, 1.82) is 0 Å². The fourth-order valence-corrected chi connectivity index (χ4v) is 4.19. The molecule has 6 heteroatoms. The minimum absolute atomic E-state index is 0.0204. The maximum Gasteiger partial charge on any atom is 0.281 e. The van der Waals surface area contributed by atoms with Crippen LogP contribution in [0.3, 0.4) is 0 Å². The van der Waals surface area contributed by atoms with Gasteiger partial charge in [-0.15, -0.1) is 0 Å². The molecule has 0 spiro atoms. The van der Waals surface area contributed by atoms with Gasteiger partial charge in [-0.05, 0) is 62.2 Å². The second-order valence-electron chi connectivity index (χ2n) is 8.41. The zero-order valence-electron chi connectivity index (χ0n) is 19.9. The molecule has 1 amide bonds. The number of carbonyl (C=O) groups is 2. The van der Waals surface area contributed by atoms with Gasteiger partial charge in [0.1, 0.15) is 0 Å². The Morgan fingerprint density at radius 1 is 0.886 bits per heavy atom. The molecule has 3 aromatic carbocycles. The quantitative estimate of drug-likeness (QED) is 0.236. The van der Waals surface area contributed by atoms with Crippen LogP contribution in [0.2, 0.25) is 0 Å². The number of hydrogen-bond acceptors (Lipinski definition) is 4. The second-order valence-corrected chi connectivity index (χ2v) is 8.41. The van der Waals surface area contributed by atoms with Gasteiger partial charge in [-0.2, -0.15) is 5.10 Å².